The second kappa shape index (κ2) is 6.72. The monoisotopic (exact) mass is 386 g/mol. The summed E-state index contributed by atoms with van der Waals surface area (Å²) in [7, 11) is 0. The molecule has 1 fully saturated rings. The standard InChI is InChI=1S/C18H15BrN2OS/c1-11-7-8-12(2)15(9-11)20-18-21-17(22)16(23-18)10-13-5-3-4-6-14(13)19/h3-10H,1-2H3,(H,20,21,22)/b16-10+. The van der Waals surface area contributed by atoms with Crippen LogP contribution in [0.25, 0.3) is 6.08 Å². The van der Waals surface area contributed by atoms with Gasteiger partial charge in [0.05, 0.1) is 10.6 Å². The lowest BCUT2D eigenvalue weighted by Crippen LogP contribution is -2.19. The molecule has 1 amide bonds. The summed E-state index contributed by atoms with van der Waals surface area (Å²) < 4.78 is 0.959. The predicted octanol–water partition coefficient (Wildman–Crippen LogP) is 4.96. The van der Waals surface area contributed by atoms with E-state index in [1.165, 1.54) is 11.8 Å². The van der Waals surface area contributed by atoms with Gasteiger partial charge in [0.2, 0.25) is 0 Å². The van der Waals surface area contributed by atoms with E-state index in [1.54, 1.807) is 0 Å². The number of nitrogens with zero attached hydrogens (tertiary/aromatic N) is 1. The minimum Gasteiger partial charge on any atom is -0.300 e. The van der Waals surface area contributed by atoms with E-state index in [0.717, 1.165) is 26.9 Å². The summed E-state index contributed by atoms with van der Waals surface area (Å²) in [5.41, 5.74) is 4.09. The first-order valence-electron chi connectivity index (χ1n) is 7.14. The first-order valence-corrected chi connectivity index (χ1v) is 8.75. The Morgan fingerprint density at radius 3 is 2.74 bits per heavy atom. The number of carbonyl (C=O) groups is 1. The number of nitrogens with one attached hydrogen (secondary N) is 1. The molecule has 1 saturated heterocycles. The van der Waals surface area contributed by atoms with Crippen LogP contribution < -0.4 is 5.32 Å². The molecule has 23 heavy (non-hydrogen) atoms. The van der Waals surface area contributed by atoms with Crippen LogP contribution in [0.4, 0.5) is 5.69 Å². The van der Waals surface area contributed by atoms with Crippen LogP contribution in [0.15, 0.2) is 56.8 Å². The summed E-state index contributed by atoms with van der Waals surface area (Å²) in [4.78, 5) is 17.4. The molecule has 1 heterocycles. The second-order valence-electron chi connectivity index (χ2n) is 5.29. The van der Waals surface area contributed by atoms with Crippen molar-refractivity contribution in [3.05, 3.63) is 68.5 Å². The number of rotatable bonds is 2. The van der Waals surface area contributed by atoms with Gasteiger partial charge in [0.15, 0.2) is 5.17 Å². The third-order valence-corrected chi connectivity index (χ3v) is 5.06. The zero-order valence-corrected chi connectivity index (χ0v) is 15.2. The fraction of sp³-hybridized carbons (Fsp3) is 0.111. The molecule has 0 atom stereocenters. The molecule has 2 aromatic rings. The topological polar surface area (TPSA) is 41.5 Å². The normalized spacial score (nSPS) is 17.8. The minimum atomic E-state index is -0.116. The van der Waals surface area contributed by atoms with Crippen molar-refractivity contribution in [2.45, 2.75) is 13.8 Å². The second-order valence-corrected chi connectivity index (χ2v) is 7.18. The molecule has 0 aliphatic carbocycles. The lowest BCUT2D eigenvalue weighted by Gasteiger charge is -2.02. The lowest BCUT2D eigenvalue weighted by molar-refractivity contribution is -0.115. The van der Waals surface area contributed by atoms with Gasteiger partial charge in [-0.3, -0.25) is 4.79 Å². The fourth-order valence-corrected chi connectivity index (χ4v) is 3.39. The van der Waals surface area contributed by atoms with E-state index < -0.39 is 0 Å². The van der Waals surface area contributed by atoms with Crippen molar-refractivity contribution < 1.29 is 4.79 Å². The number of hydrogen-bond donors (Lipinski definition) is 1. The van der Waals surface area contributed by atoms with Gasteiger partial charge in [0.1, 0.15) is 0 Å². The molecule has 116 valence electrons. The van der Waals surface area contributed by atoms with Crippen molar-refractivity contribution in [3.8, 4) is 0 Å². The first-order chi connectivity index (χ1) is 11.0. The summed E-state index contributed by atoms with van der Waals surface area (Å²) >= 11 is 4.86. The van der Waals surface area contributed by atoms with Crippen LogP contribution in [0.2, 0.25) is 0 Å². The SMILES string of the molecule is Cc1ccc(C)c(N=C2NC(=O)/C(=C\c3ccccc3Br)S2)c1. The maximum absolute atomic E-state index is 12.1. The van der Waals surface area contributed by atoms with Crippen molar-refractivity contribution in [1.29, 1.82) is 0 Å². The average Bonchev–Trinajstić information content (AvgIpc) is 2.85. The minimum absolute atomic E-state index is 0.116. The van der Waals surface area contributed by atoms with E-state index in [1.807, 2.05) is 56.3 Å². The molecular weight excluding hydrogens is 372 g/mol. The van der Waals surface area contributed by atoms with Crippen LogP contribution >= 0.6 is 27.7 Å². The Bertz CT molecular complexity index is 843. The zero-order chi connectivity index (χ0) is 16.4. The molecule has 3 nitrogen and oxygen atoms in total. The Morgan fingerprint density at radius 2 is 1.96 bits per heavy atom. The number of carbonyl (C=O) groups excluding carboxylic acids is 1. The van der Waals surface area contributed by atoms with Gasteiger partial charge >= 0.3 is 0 Å². The Hall–Kier alpha value is -1.85. The van der Waals surface area contributed by atoms with Gasteiger partial charge in [0.25, 0.3) is 5.91 Å². The molecule has 0 bridgehead atoms. The van der Waals surface area contributed by atoms with Gasteiger partial charge in [-0.05, 0) is 60.5 Å². The molecule has 5 heteroatoms. The molecule has 1 aliphatic rings. The Balaban J connectivity index is 1.89. The number of halogens is 1. The predicted molar refractivity (Wildman–Crippen MR) is 101 cm³/mol. The van der Waals surface area contributed by atoms with Gasteiger partial charge in [0, 0.05) is 4.47 Å². The number of benzene rings is 2. The maximum Gasteiger partial charge on any atom is 0.264 e. The number of amides is 1. The van der Waals surface area contributed by atoms with E-state index in [9.17, 15) is 4.79 Å². The van der Waals surface area contributed by atoms with Gasteiger partial charge < -0.3 is 5.32 Å². The Morgan fingerprint density at radius 1 is 1.17 bits per heavy atom. The molecule has 1 N–H and O–H groups in total. The van der Waals surface area contributed by atoms with Gasteiger partial charge in [-0.1, -0.05) is 46.3 Å². The zero-order valence-electron chi connectivity index (χ0n) is 12.8. The smallest absolute Gasteiger partial charge is 0.264 e. The Labute approximate surface area is 148 Å². The molecule has 3 rings (SSSR count). The first kappa shape index (κ1) is 16.0. The van der Waals surface area contributed by atoms with Crippen LogP contribution in [-0.2, 0) is 4.79 Å². The van der Waals surface area contributed by atoms with Crippen molar-refractivity contribution in [3.63, 3.8) is 0 Å². The fourth-order valence-electron chi connectivity index (χ4n) is 2.16. The van der Waals surface area contributed by atoms with Gasteiger partial charge in [-0.2, -0.15) is 0 Å². The highest BCUT2D eigenvalue weighted by Crippen LogP contribution is 2.30. The maximum atomic E-state index is 12.1. The number of aliphatic imine (C=N–C) groups is 1. The molecule has 0 radical (unpaired) electrons. The van der Waals surface area contributed by atoms with Crippen molar-refractivity contribution in [2.75, 3.05) is 0 Å². The summed E-state index contributed by atoms with van der Waals surface area (Å²) in [5.74, 6) is -0.116. The van der Waals surface area contributed by atoms with E-state index in [2.05, 4.69) is 32.3 Å². The number of thioether (sulfide) groups is 1. The number of amidine groups is 1. The van der Waals surface area contributed by atoms with Crippen LogP contribution in [-0.4, -0.2) is 11.1 Å². The van der Waals surface area contributed by atoms with E-state index in [0.29, 0.717) is 10.1 Å². The van der Waals surface area contributed by atoms with Crippen molar-refractivity contribution in [2.24, 2.45) is 4.99 Å². The summed E-state index contributed by atoms with van der Waals surface area (Å²) in [5, 5.41) is 3.44. The molecule has 0 saturated carbocycles. The van der Waals surface area contributed by atoms with E-state index in [-0.39, 0.29) is 5.91 Å². The summed E-state index contributed by atoms with van der Waals surface area (Å²) in [6.45, 7) is 4.04. The highest BCUT2D eigenvalue weighted by Gasteiger charge is 2.24. The van der Waals surface area contributed by atoms with Gasteiger partial charge in [-0.25, -0.2) is 4.99 Å². The quantitative estimate of drug-likeness (QED) is 0.741. The number of aryl methyl sites for hydroxylation is 2. The largest absolute Gasteiger partial charge is 0.300 e. The highest BCUT2D eigenvalue weighted by molar-refractivity contribution is 9.10. The Kier molecular flexibility index (Phi) is 4.68. The lowest BCUT2D eigenvalue weighted by atomic mass is 10.1. The summed E-state index contributed by atoms with van der Waals surface area (Å²) in [6, 6.07) is 13.9. The molecule has 0 unspecified atom stereocenters. The van der Waals surface area contributed by atoms with Crippen LogP contribution in [0.5, 0.6) is 0 Å². The molecule has 1 aliphatic heterocycles. The third-order valence-electron chi connectivity index (χ3n) is 3.43. The van der Waals surface area contributed by atoms with Gasteiger partial charge in [-0.15, -0.1) is 0 Å². The van der Waals surface area contributed by atoms with Crippen LogP contribution in [0.3, 0.4) is 0 Å². The number of hydrogen-bond acceptors (Lipinski definition) is 3. The molecule has 0 aromatic heterocycles. The van der Waals surface area contributed by atoms with Crippen LogP contribution in [0.1, 0.15) is 16.7 Å². The molecule has 2 aromatic carbocycles. The van der Waals surface area contributed by atoms with E-state index >= 15 is 0 Å². The highest BCUT2D eigenvalue weighted by atomic mass is 79.9. The molecule has 0 spiro atoms. The van der Waals surface area contributed by atoms with Crippen molar-refractivity contribution >= 4 is 50.5 Å². The summed E-state index contributed by atoms with van der Waals surface area (Å²) in [6.07, 6.45) is 1.87. The average molecular weight is 387 g/mol. The molecular formula is C18H15BrN2OS. The van der Waals surface area contributed by atoms with Crippen molar-refractivity contribution in [1.82, 2.24) is 5.32 Å². The third kappa shape index (κ3) is 3.74. The van der Waals surface area contributed by atoms with Crippen LogP contribution in [0, 0.1) is 13.8 Å². The van der Waals surface area contributed by atoms with E-state index in [4.69, 9.17) is 0 Å².